The molecule has 0 aliphatic rings. The fourth-order valence-electron chi connectivity index (χ4n) is 1.62. The molecule has 0 aliphatic heterocycles. The van der Waals surface area contributed by atoms with Crippen LogP contribution in [-0.2, 0) is 10.8 Å². The highest BCUT2D eigenvalue weighted by Gasteiger charge is 2.17. The van der Waals surface area contributed by atoms with Gasteiger partial charge in [0.05, 0.1) is 0 Å². The summed E-state index contributed by atoms with van der Waals surface area (Å²) in [5.74, 6) is 0.725. The number of halogens is 1. The van der Waals surface area contributed by atoms with Crippen molar-refractivity contribution in [2.45, 2.75) is 66.2 Å². The molecule has 4 heteroatoms. The van der Waals surface area contributed by atoms with Gasteiger partial charge in [-0.2, -0.15) is 0 Å². The molecule has 0 saturated heterocycles. The number of hydrogen-bond acceptors (Lipinski definition) is 3. The van der Waals surface area contributed by atoms with Gasteiger partial charge < -0.3 is 0 Å². The van der Waals surface area contributed by atoms with Gasteiger partial charge in [-0.05, 0) is 17.5 Å². The van der Waals surface area contributed by atoms with E-state index in [1.165, 1.54) is 12.3 Å². The number of hydrogen-bond donors (Lipinski definition) is 0. The maximum absolute atomic E-state index is 13.0. The van der Waals surface area contributed by atoms with Gasteiger partial charge in [-0.3, -0.25) is 4.98 Å². The van der Waals surface area contributed by atoms with Crippen LogP contribution in [0.4, 0.5) is 4.39 Å². The lowest BCUT2D eigenvalue weighted by molar-refractivity contribution is 0.519. The van der Waals surface area contributed by atoms with Gasteiger partial charge in [0.25, 0.3) is 0 Å². The van der Waals surface area contributed by atoms with Crippen molar-refractivity contribution in [1.29, 1.82) is 0 Å². The van der Waals surface area contributed by atoms with E-state index in [0.717, 1.165) is 5.82 Å². The lowest BCUT2D eigenvalue weighted by atomic mass is 9.88. The van der Waals surface area contributed by atoms with Gasteiger partial charge in [0.2, 0.25) is 0 Å². The van der Waals surface area contributed by atoms with Crippen LogP contribution in [0.3, 0.4) is 0 Å². The highest BCUT2D eigenvalue weighted by molar-refractivity contribution is 5.20. The summed E-state index contributed by atoms with van der Waals surface area (Å²) in [6.07, 6.45) is 6.58. The molecule has 0 spiro atoms. The van der Waals surface area contributed by atoms with Gasteiger partial charge in [0, 0.05) is 35.8 Å². The molecular formula is C19H30FN3. The molecule has 2 heterocycles. The molecule has 0 aromatic carbocycles. The third kappa shape index (κ3) is 7.82. The molecule has 2 rings (SSSR count). The van der Waals surface area contributed by atoms with Crippen LogP contribution in [0.1, 0.15) is 66.8 Å². The molecule has 0 amide bonds. The van der Waals surface area contributed by atoms with Gasteiger partial charge in [-0.25, -0.2) is 14.4 Å². The number of pyridine rings is 1. The van der Waals surface area contributed by atoms with Crippen LogP contribution in [-0.4, -0.2) is 15.0 Å². The highest BCUT2D eigenvalue weighted by Crippen LogP contribution is 2.23. The van der Waals surface area contributed by atoms with E-state index in [1.807, 2.05) is 40.7 Å². The summed E-state index contributed by atoms with van der Waals surface area (Å²) in [4.78, 5) is 12.1. The minimum absolute atomic E-state index is 0.0707. The average molecular weight is 319 g/mol. The van der Waals surface area contributed by atoms with Crippen molar-refractivity contribution in [2.24, 2.45) is 0 Å². The molecule has 128 valence electrons. The number of nitrogens with zero attached hydrogens (tertiary/aromatic N) is 3. The molecule has 0 bridgehead atoms. The Morgan fingerprint density at radius 1 is 0.826 bits per heavy atom. The van der Waals surface area contributed by atoms with Crippen molar-refractivity contribution in [2.75, 3.05) is 0 Å². The first kappa shape index (κ1) is 21.2. The molecule has 2 aromatic heterocycles. The maximum atomic E-state index is 13.0. The van der Waals surface area contributed by atoms with Crippen molar-refractivity contribution >= 4 is 0 Å². The van der Waals surface area contributed by atoms with Crippen LogP contribution >= 0.6 is 0 Å². The lowest BCUT2D eigenvalue weighted by Gasteiger charge is -2.18. The van der Waals surface area contributed by atoms with Crippen molar-refractivity contribution in [1.82, 2.24) is 15.0 Å². The molecule has 0 aliphatic carbocycles. The molecule has 3 nitrogen and oxygen atoms in total. The number of aromatic nitrogens is 3. The first-order valence-corrected chi connectivity index (χ1v) is 8.00. The summed E-state index contributed by atoms with van der Waals surface area (Å²) in [5, 5.41) is 0. The summed E-state index contributed by atoms with van der Waals surface area (Å²) < 4.78 is 13.0. The molecule has 0 unspecified atom stereocenters. The van der Waals surface area contributed by atoms with E-state index in [9.17, 15) is 4.39 Å². The highest BCUT2D eigenvalue weighted by atomic mass is 19.1. The van der Waals surface area contributed by atoms with Crippen molar-refractivity contribution < 1.29 is 4.39 Å². The Hall–Kier alpha value is -1.84. The molecule has 0 saturated carbocycles. The minimum Gasteiger partial charge on any atom is -0.264 e. The normalized spacial score (nSPS) is 10.8. The van der Waals surface area contributed by atoms with Crippen LogP contribution in [0, 0.1) is 5.82 Å². The van der Waals surface area contributed by atoms with Crippen molar-refractivity contribution in [3.8, 4) is 0 Å². The smallest absolute Gasteiger partial charge is 0.133 e. The Labute approximate surface area is 140 Å². The standard InChI is InChI=1S/C9H12FN.C8H12N2.C2H6/c1-9(2,3)7-6-11-5-4-8(7)10;1-8(2,3)7-9-5-4-6-10-7;1-2/h4-6H,1-3H3;4-6H,1-3H3;1-2H3. The summed E-state index contributed by atoms with van der Waals surface area (Å²) in [6, 6.07) is 3.22. The predicted molar refractivity (Wildman–Crippen MR) is 95.0 cm³/mol. The Balaban J connectivity index is 0.000000381. The van der Waals surface area contributed by atoms with E-state index >= 15 is 0 Å². The largest absolute Gasteiger partial charge is 0.264 e. The third-order valence-corrected chi connectivity index (χ3v) is 2.81. The second-order valence-electron chi connectivity index (χ2n) is 6.93. The van der Waals surface area contributed by atoms with Gasteiger partial charge in [0.15, 0.2) is 0 Å². The second-order valence-corrected chi connectivity index (χ2v) is 6.93. The van der Waals surface area contributed by atoms with Gasteiger partial charge in [-0.15, -0.1) is 0 Å². The van der Waals surface area contributed by atoms with Crippen LogP contribution in [0.2, 0.25) is 0 Å². The molecule has 0 N–H and O–H groups in total. The zero-order valence-electron chi connectivity index (χ0n) is 15.7. The Morgan fingerprint density at radius 3 is 1.65 bits per heavy atom. The van der Waals surface area contributed by atoms with E-state index in [4.69, 9.17) is 0 Å². The summed E-state index contributed by atoms with van der Waals surface area (Å²) in [5.41, 5.74) is 0.583. The average Bonchev–Trinajstić information content (AvgIpc) is 2.49. The van der Waals surface area contributed by atoms with Crippen LogP contribution in [0.5, 0.6) is 0 Å². The summed E-state index contributed by atoms with van der Waals surface area (Å²) >= 11 is 0. The first-order valence-electron chi connectivity index (χ1n) is 8.00. The fourth-order valence-corrected chi connectivity index (χ4v) is 1.62. The SMILES string of the molecule is CC.CC(C)(C)c1cnccc1F.CC(C)(C)c1ncccn1. The Bertz CT molecular complexity index is 555. The van der Waals surface area contributed by atoms with E-state index in [-0.39, 0.29) is 16.6 Å². The van der Waals surface area contributed by atoms with Crippen molar-refractivity contribution in [3.05, 3.63) is 54.1 Å². The fraction of sp³-hybridized carbons (Fsp3) is 0.526. The topological polar surface area (TPSA) is 38.7 Å². The monoisotopic (exact) mass is 319 g/mol. The Morgan fingerprint density at radius 2 is 1.35 bits per heavy atom. The molecule has 2 aromatic rings. The van der Waals surface area contributed by atoms with E-state index in [0.29, 0.717) is 5.56 Å². The van der Waals surface area contributed by atoms with E-state index in [1.54, 1.807) is 18.6 Å². The molecule has 0 fully saturated rings. The molecule has 0 radical (unpaired) electrons. The first-order chi connectivity index (χ1) is 10.6. The minimum atomic E-state index is -0.174. The van der Waals surface area contributed by atoms with Gasteiger partial charge in [-0.1, -0.05) is 55.4 Å². The quantitative estimate of drug-likeness (QED) is 0.659. The zero-order chi connectivity index (χ0) is 18.1. The van der Waals surface area contributed by atoms with Crippen LogP contribution in [0.25, 0.3) is 0 Å². The predicted octanol–water partition coefficient (Wildman–Crippen LogP) is 5.32. The lowest BCUT2D eigenvalue weighted by Crippen LogP contribution is -2.14. The van der Waals surface area contributed by atoms with Gasteiger partial charge >= 0.3 is 0 Å². The third-order valence-electron chi connectivity index (χ3n) is 2.81. The van der Waals surface area contributed by atoms with Gasteiger partial charge in [0.1, 0.15) is 11.6 Å². The van der Waals surface area contributed by atoms with E-state index in [2.05, 4.69) is 35.7 Å². The molecule has 0 atom stereocenters. The van der Waals surface area contributed by atoms with Crippen LogP contribution in [0.15, 0.2) is 36.9 Å². The zero-order valence-corrected chi connectivity index (χ0v) is 15.7. The number of rotatable bonds is 0. The second kappa shape index (κ2) is 9.33. The van der Waals surface area contributed by atoms with E-state index < -0.39 is 0 Å². The summed E-state index contributed by atoms with van der Waals surface area (Å²) in [6.45, 7) is 16.2. The Kier molecular flexibility index (Phi) is 8.59. The summed E-state index contributed by atoms with van der Waals surface area (Å²) in [7, 11) is 0. The molecular weight excluding hydrogens is 289 g/mol. The maximum Gasteiger partial charge on any atom is 0.133 e. The van der Waals surface area contributed by atoms with Crippen molar-refractivity contribution in [3.63, 3.8) is 0 Å². The van der Waals surface area contributed by atoms with Crippen LogP contribution < -0.4 is 0 Å². The molecule has 23 heavy (non-hydrogen) atoms.